The van der Waals surface area contributed by atoms with Crippen molar-refractivity contribution in [1.82, 2.24) is 5.32 Å². The van der Waals surface area contributed by atoms with Gasteiger partial charge in [0.2, 0.25) is 5.91 Å². The summed E-state index contributed by atoms with van der Waals surface area (Å²) in [6.07, 6.45) is 3.49. The summed E-state index contributed by atoms with van der Waals surface area (Å²) < 4.78 is 5.28. The van der Waals surface area contributed by atoms with Gasteiger partial charge in [-0.2, -0.15) is 0 Å². The van der Waals surface area contributed by atoms with Crippen molar-refractivity contribution in [3.8, 4) is 0 Å². The van der Waals surface area contributed by atoms with Crippen LogP contribution >= 0.6 is 0 Å². The van der Waals surface area contributed by atoms with Gasteiger partial charge in [0, 0.05) is 6.04 Å². The highest BCUT2D eigenvalue weighted by Gasteiger charge is 2.45. The molecule has 1 aliphatic carbocycles. The summed E-state index contributed by atoms with van der Waals surface area (Å²) in [5.74, 6) is -0.0527. The molecule has 4 nitrogen and oxygen atoms in total. The Morgan fingerprint density at radius 2 is 2.12 bits per heavy atom. The highest BCUT2D eigenvalue weighted by molar-refractivity contribution is 5.86. The van der Waals surface area contributed by atoms with Crippen LogP contribution in [-0.4, -0.2) is 23.5 Å². The van der Waals surface area contributed by atoms with Crippen molar-refractivity contribution in [2.75, 3.05) is 0 Å². The zero-order chi connectivity index (χ0) is 12.6. The second kappa shape index (κ2) is 4.31. The van der Waals surface area contributed by atoms with Gasteiger partial charge in [-0.3, -0.25) is 9.59 Å². The normalized spacial score (nSPS) is 32.2. The average molecular weight is 239 g/mol. The van der Waals surface area contributed by atoms with Crippen LogP contribution in [0.5, 0.6) is 0 Å². The first-order valence-electron chi connectivity index (χ1n) is 6.39. The highest BCUT2D eigenvalue weighted by Crippen LogP contribution is 2.38. The zero-order valence-corrected chi connectivity index (χ0v) is 10.8. The molecule has 0 radical (unpaired) electrons. The van der Waals surface area contributed by atoms with E-state index in [1.807, 2.05) is 20.8 Å². The molecule has 1 saturated carbocycles. The molecule has 2 fully saturated rings. The van der Waals surface area contributed by atoms with Crippen molar-refractivity contribution in [3.05, 3.63) is 0 Å². The van der Waals surface area contributed by atoms with Gasteiger partial charge in [0.1, 0.15) is 5.60 Å². The maximum atomic E-state index is 11.8. The van der Waals surface area contributed by atoms with Crippen LogP contribution < -0.4 is 5.32 Å². The fourth-order valence-corrected chi connectivity index (χ4v) is 2.94. The zero-order valence-electron chi connectivity index (χ0n) is 10.8. The largest absolute Gasteiger partial charge is 0.460 e. The van der Waals surface area contributed by atoms with Gasteiger partial charge >= 0.3 is 5.97 Å². The molecule has 96 valence electrons. The summed E-state index contributed by atoms with van der Waals surface area (Å²) in [7, 11) is 0. The van der Waals surface area contributed by atoms with E-state index >= 15 is 0 Å². The summed E-state index contributed by atoms with van der Waals surface area (Å²) in [6, 6.07) is 0.301. The first-order valence-corrected chi connectivity index (χ1v) is 6.39. The number of rotatable bonds is 2. The third-order valence-electron chi connectivity index (χ3n) is 3.56. The second-order valence-corrected chi connectivity index (χ2v) is 6.11. The molecule has 1 amide bonds. The molecule has 1 N–H and O–H groups in total. The predicted molar refractivity (Wildman–Crippen MR) is 63.2 cm³/mol. The van der Waals surface area contributed by atoms with Crippen LogP contribution in [0, 0.1) is 11.8 Å². The SMILES string of the molecule is CC(C)(C)OC(=O)C[C@H]1C(=O)N[C@H]2CCC[C@H]21. The van der Waals surface area contributed by atoms with Gasteiger partial charge in [-0.1, -0.05) is 6.42 Å². The fourth-order valence-electron chi connectivity index (χ4n) is 2.94. The predicted octanol–water partition coefficient (Wildman–Crippen LogP) is 1.63. The van der Waals surface area contributed by atoms with E-state index in [1.165, 1.54) is 0 Å². The lowest BCUT2D eigenvalue weighted by atomic mass is 9.89. The van der Waals surface area contributed by atoms with E-state index in [1.54, 1.807) is 0 Å². The number of esters is 1. The van der Waals surface area contributed by atoms with Crippen molar-refractivity contribution >= 4 is 11.9 Å². The van der Waals surface area contributed by atoms with Gasteiger partial charge in [0.25, 0.3) is 0 Å². The lowest BCUT2D eigenvalue weighted by molar-refractivity contribution is -0.157. The lowest BCUT2D eigenvalue weighted by Crippen LogP contribution is -2.29. The monoisotopic (exact) mass is 239 g/mol. The first-order chi connectivity index (χ1) is 7.87. The quantitative estimate of drug-likeness (QED) is 0.745. The van der Waals surface area contributed by atoms with Crippen LogP contribution in [0.1, 0.15) is 46.5 Å². The van der Waals surface area contributed by atoms with Gasteiger partial charge in [0.15, 0.2) is 0 Å². The molecule has 0 aromatic rings. The Morgan fingerprint density at radius 1 is 1.41 bits per heavy atom. The molecule has 2 rings (SSSR count). The molecule has 3 atom stereocenters. The van der Waals surface area contributed by atoms with Crippen molar-refractivity contribution < 1.29 is 14.3 Å². The Bertz CT molecular complexity index is 332. The smallest absolute Gasteiger partial charge is 0.307 e. The number of amides is 1. The van der Waals surface area contributed by atoms with Gasteiger partial charge in [-0.05, 0) is 39.5 Å². The lowest BCUT2D eigenvalue weighted by Gasteiger charge is -2.21. The van der Waals surface area contributed by atoms with Gasteiger partial charge in [-0.15, -0.1) is 0 Å². The van der Waals surface area contributed by atoms with Crippen LogP contribution in [0.4, 0.5) is 0 Å². The number of nitrogens with one attached hydrogen (secondary N) is 1. The maximum Gasteiger partial charge on any atom is 0.307 e. The molecule has 1 aliphatic heterocycles. The van der Waals surface area contributed by atoms with E-state index in [0.717, 1.165) is 19.3 Å². The van der Waals surface area contributed by atoms with E-state index in [4.69, 9.17) is 4.74 Å². The summed E-state index contributed by atoms with van der Waals surface area (Å²) in [5, 5.41) is 2.99. The number of ether oxygens (including phenoxy) is 1. The van der Waals surface area contributed by atoms with Gasteiger partial charge < -0.3 is 10.1 Å². The minimum absolute atomic E-state index is 0.0329. The first kappa shape index (κ1) is 12.4. The third-order valence-corrected chi connectivity index (χ3v) is 3.56. The Balaban J connectivity index is 1.94. The minimum Gasteiger partial charge on any atom is -0.460 e. The maximum absolute atomic E-state index is 11.8. The Labute approximate surface area is 102 Å². The Morgan fingerprint density at radius 3 is 2.76 bits per heavy atom. The number of fused-ring (bicyclic) bond motifs is 1. The molecule has 1 saturated heterocycles. The van der Waals surface area contributed by atoms with Crippen molar-refractivity contribution in [2.24, 2.45) is 11.8 Å². The summed E-state index contributed by atoms with van der Waals surface area (Å²) in [5.41, 5.74) is -0.471. The topological polar surface area (TPSA) is 55.4 Å². The standard InChI is InChI=1S/C13H21NO3/c1-13(2,3)17-11(15)7-9-8-5-4-6-10(8)14-12(9)16/h8-10H,4-7H2,1-3H3,(H,14,16)/t8-,9+,10-/m0/s1. The van der Waals surface area contributed by atoms with Crippen LogP contribution in [0.3, 0.4) is 0 Å². The molecular formula is C13H21NO3. The number of hydrogen-bond acceptors (Lipinski definition) is 3. The Kier molecular flexibility index (Phi) is 3.15. The molecule has 2 aliphatic rings. The van der Waals surface area contributed by atoms with Crippen molar-refractivity contribution in [2.45, 2.75) is 58.1 Å². The van der Waals surface area contributed by atoms with Crippen LogP contribution in [0.25, 0.3) is 0 Å². The molecule has 0 aromatic carbocycles. The van der Waals surface area contributed by atoms with E-state index in [2.05, 4.69) is 5.32 Å². The van der Waals surface area contributed by atoms with Gasteiger partial charge in [-0.25, -0.2) is 0 Å². The van der Waals surface area contributed by atoms with Crippen molar-refractivity contribution in [1.29, 1.82) is 0 Å². The average Bonchev–Trinajstić information content (AvgIpc) is 2.67. The molecule has 0 unspecified atom stereocenters. The van der Waals surface area contributed by atoms with E-state index in [9.17, 15) is 9.59 Å². The van der Waals surface area contributed by atoms with E-state index < -0.39 is 5.60 Å². The molecule has 0 bridgehead atoms. The summed E-state index contributed by atoms with van der Waals surface area (Å²) >= 11 is 0. The third kappa shape index (κ3) is 2.79. The summed E-state index contributed by atoms with van der Waals surface area (Å²) in [4.78, 5) is 23.5. The van der Waals surface area contributed by atoms with E-state index in [-0.39, 0.29) is 24.2 Å². The number of hydrogen-bond donors (Lipinski definition) is 1. The van der Waals surface area contributed by atoms with Crippen LogP contribution in [0.15, 0.2) is 0 Å². The van der Waals surface area contributed by atoms with Gasteiger partial charge in [0.05, 0.1) is 12.3 Å². The second-order valence-electron chi connectivity index (χ2n) is 6.11. The minimum atomic E-state index is -0.471. The highest BCUT2D eigenvalue weighted by atomic mass is 16.6. The molecule has 4 heteroatoms. The van der Waals surface area contributed by atoms with Crippen molar-refractivity contribution in [3.63, 3.8) is 0 Å². The number of carbonyl (C=O) groups excluding carboxylic acids is 2. The fraction of sp³-hybridized carbons (Fsp3) is 0.846. The van der Waals surface area contributed by atoms with Crippen LogP contribution in [0.2, 0.25) is 0 Å². The molecule has 17 heavy (non-hydrogen) atoms. The van der Waals surface area contributed by atoms with Crippen LogP contribution in [-0.2, 0) is 14.3 Å². The molecule has 1 heterocycles. The Hall–Kier alpha value is -1.06. The molecule has 0 spiro atoms. The van der Waals surface area contributed by atoms with E-state index in [0.29, 0.717) is 12.0 Å². The number of carbonyl (C=O) groups is 2. The molecule has 0 aromatic heterocycles. The summed E-state index contributed by atoms with van der Waals surface area (Å²) in [6.45, 7) is 5.54. The molecular weight excluding hydrogens is 218 g/mol.